The van der Waals surface area contributed by atoms with Crippen LogP contribution < -0.4 is 0 Å². The molecule has 0 aromatic heterocycles. The van der Waals surface area contributed by atoms with E-state index in [0.717, 1.165) is 5.56 Å². The molecule has 2 aliphatic heterocycles. The number of amides is 3. The molecule has 1 aromatic rings. The minimum absolute atomic E-state index is 0.0503. The van der Waals surface area contributed by atoms with Gasteiger partial charge in [-0.15, -0.1) is 5.06 Å². The molecule has 2 heterocycles. The molecule has 2 fully saturated rings. The van der Waals surface area contributed by atoms with Gasteiger partial charge >= 0.3 is 12.1 Å². The van der Waals surface area contributed by atoms with Crippen LogP contribution in [0.25, 0.3) is 0 Å². The second kappa shape index (κ2) is 7.33. The van der Waals surface area contributed by atoms with E-state index < -0.39 is 29.8 Å². The molecule has 2 aliphatic rings. The van der Waals surface area contributed by atoms with Gasteiger partial charge in [0.2, 0.25) is 0 Å². The molecule has 1 aromatic carbocycles. The van der Waals surface area contributed by atoms with Crippen LogP contribution in [0.15, 0.2) is 30.3 Å². The lowest BCUT2D eigenvalue weighted by Crippen LogP contribution is -2.36. The van der Waals surface area contributed by atoms with Gasteiger partial charge in [-0.25, -0.2) is 9.59 Å². The zero-order valence-electron chi connectivity index (χ0n) is 13.6. The average molecular weight is 346 g/mol. The quantitative estimate of drug-likeness (QED) is 0.762. The van der Waals surface area contributed by atoms with E-state index in [4.69, 9.17) is 9.57 Å². The van der Waals surface area contributed by atoms with Crippen LogP contribution in [0, 0.1) is 5.92 Å². The number of hydrogen-bond donors (Lipinski definition) is 0. The molecule has 0 aliphatic carbocycles. The first-order chi connectivity index (χ1) is 12.0. The van der Waals surface area contributed by atoms with Crippen LogP contribution in [0.4, 0.5) is 4.79 Å². The van der Waals surface area contributed by atoms with Gasteiger partial charge < -0.3 is 14.5 Å². The third-order valence-corrected chi connectivity index (χ3v) is 4.17. The summed E-state index contributed by atoms with van der Waals surface area (Å²) < 4.78 is 5.22. The topological polar surface area (TPSA) is 93.2 Å². The fraction of sp³-hybridized carbons (Fsp3) is 0.412. The second-order valence-electron chi connectivity index (χ2n) is 5.96. The molecule has 0 saturated carbocycles. The van der Waals surface area contributed by atoms with Crippen LogP contribution in [-0.2, 0) is 30.6 Å². The van der Waals surface area contributed by atoms with Crippen molar-refractivity contribution in [2.24, 2.45) is 5.92 Å². The molecule has 0 N–H and O–H groups in total. The Kier molecular flexibility index (Phi) is 4.97. The van der Waals surface area contributed by atoms with Crippen molar-refractivity contribution in [3.63, 3.8) is 0 Å². The number of carbonyl (C=O) groups is 4. The maximum Gasteiger partial charge on any atom is 0.410 e. The van der Waals surface area contributed by atoms with Crippen LogP contribution in [-0.4, -0.2) is 46.9 Å². The molecule has 1 atom stereocenters. The third-order valence-electron chi connectivity index (χ3n) is 4.17. The number of benzene rings is 1. The fourth-order valence-electron chi connectivity index (χ4n) is 2.75. The summed E-state index contributed by atoms with van der Waals surface area (Å²) >= 11 is 0. The minimum atomic E-state index is -0.679. The molecule has 0 bridgehead atoms. The van der Waals surface area contributed by atoms with Gasteiger partial charge in [0.05, 0.1) is 5.92 Å². The summed E-state index contributed by atoms with van der Waals surface area (Å²) in [6.45, 7) is 0.653. The Morgan fingerprint density at radius 3 is 2.44 bits per heavy atom. The van der Waals surface area contributed by atoms with E-state index in [1.165, 1.54) is 4.90 Å². The lowest BCUT2D eigenvalue weighted by atomic mass is 10.1. The largest absolute Gasteiger partial charge is 0.445 e. The molecule has 8 heteroatoms. The highest BCUT2D eigenvalue weighted by atomic mass is 16.7. The first-order valence-electron chi connectivity index (χ1n) is 8.08. The number of hydroxylamine groups is 2. The Morgan fingerprint density at radius 2 is 1.76 bits per heavy atom. The SMILES string of the molecule is O=C(ON1C(=O)CCC1=O)[C@H]1CCN(C(=O)OCc2ccccc2)C1. The lowest BCUT2D eigenvalue weighted by molar-refractivity contribution is -0.200. The van der Waals surface area contributed by atoms with Gasteiger partial charge in [0.15, 0.2) is 0 Å². The van der Waals surface area contributed by atoms with E-state index in [9.17, 15) is 19.2 Å². The van der Waals surface area contributed by atoms with Gasteiger partial charge in [0.1, 0.15) is 6.61 Å². The molecule has 8 nitrogen and oxygen atoms in total. The standard InChI is InChI=1S/C17H18N2O6/c20-14-6-7-15(21)19(14)25-16(22)13-8-9-18(10-13)17(23)24-11-12-4-2-1-3-5-12/h1-5,13H,6-11H2/t13-/m0/s1. The van der Waals surface area contributed by atoms with Crippen LogP contribution in [0.2, 0.25) is 0 Å². The van der Waals surface area contributed by atoms with Crippen LogP contribution in [0.3, 0.4) is 0 Å². The monoisotopic (exact) mass is 346 g/mol. The minimum Gasteiger partial charge on any atom is -0.445 e. The van der Waals surface area contributed by atoms with E-state index in [1.807, 2.05) is 30.3 Å². The summed E-state index contributed by atoms with van der Waals surface area (Å²) in [7, 11) is 0. The summed E-state index contributed by atoms with van der Waals surface area (Å²) in [6.07, 6.45) is -0.00803. The summed E-state index contributed by atoms with van der Waals surface area (Å²) in [5, 5.41) is 0.527. The molecule has 0 spiro atoms. The predicted octanol–water partition coefficient (Wildman–Crippen LogP) is 1.25. The summed E-state index contributed by atoms with van der Waals surface area (Å²) in [5.41, 5.74) is 0.872. The molecule has 3 rings (SSSR count). The van der Waals surface area contributed by atoms with Crippen molar-refractivity contribution in [3.05, 3.63) is 35.9 Å². The van der Waals surface area contributed by atoms with Crippen molar-refractivity contribution >= 4 is 23.9 Å². The number of imide groups is 1. The zero-order valence-corrected chi connectivity index (χ0v) is 13.6. The number of nitrogens with zero attached hydrogens (tertiary/aromatic N) is 2. The molecule has 0 unspecified atom stereocenters. The van der Waals surface area contributed by atoms with Crippen molar-refractivity contribution in [1.82, 2.24) is 9.96 Å². The van der Waals surface area contributed by atoms with Crippen LogP contribution in [0.1, 0.15) is 24.8 Å². The number of rotatable bonds is 4. The molecule has 132 valence electrons. The third kappa shape index (κ3) is 3.96. The molecule has 3 amide bonds. The highest BCUT2D eigenvalue weighted by molar-refractivity contribution is 6.01. The van der Waals surface area contributed by atoms with Crippen LogP contribution >= 0.6 is 0 Å². The molecule has 0 radical (unpaired) electrons. The predicted molar refractivity (Wildman–Crippen MR) is 83.5 cm³/mol. The van der Waals surface area contributed by atoms with Crippen LogP contribution in [0.5, 0.6) is 0 Å². The first kappa shape index (κ1) is 16.9. The number of likely N-dealkylation sites (tertiary alicyclic amines) is 1. The zero-order chi connectivity index (χ0) is 17.8. The molecule has 2 saturated heterocycles. The smallest absolute Gasteiger partial charge is 0.410 e. The summed E-state index contributed by atoms with van der Waals surface area (Å²) in [4.78, 5) is 53.4. The van der Waals surface area contributed by atoms with Gasteiger partial charge in [-0.2, -0.15) is 0 Å². The normalized spacial score (nSPS) is 20.1. The van der Waals surface area contributed by atoms with Crippen molar-refractivity contribution in [1.29, 1.82) is 0 Å². The number of ether oxygens (including phenoxy) is 1. The van der Waals surface area contributed by atoms with E-state index in [2.05, 4.69) is 0 Å². The Hall–Kier alpha value is -2.90. The van der Waals surface area contributed by atoms with E-state index in [0.29, 0.717) is 18.0 Å². The van der Waals surface area contributed by atoms with Crippen molar-refractivity contribution in [2.45, 2.75) is 25.9 Å². The Labute approximate surface area is 144 Å². The van der Waals surface area contributed by atoms with Gasteiger partial charge in [0, 0.05) is 25.9 Å². The fourth-order valence-corrected chi connectivity index (χ4v) is 2.75. The van der Waals surface area contributed by atoms with Gasteiger partial charge in [-0.05, 0) is 12.0 Å². The lowest BCUT2D eigenvalue weighted by Gasteiger charge is -2.17. The van der Waals surface area contributed by atoms with E-state index in [-0.39, 0.29) is 26.0 Å². The van der Waals surface area contributed by atoms with Crippen molar-refractivity contribution < 1.29 is 28.8 Å². The Bertz CT molecular complexity index is 674. The van der Waals surface area contributed by atoms with Gasteiger partial charge in [-0.1, -0.05) is 30.3 Å². The highest BCUT2D eigenvalue weighted by Crippen LogP contribution is 2.21. The van der Waals surface area contributed by atoms with Crippen molar-refractivity contribution in [3.8, 4) is 0 Å². The Balaban J connectivity index is 1.47. The van der Waals surface area contributed by atoms with Gasteiger partial charge in [-0.3, -0.25) is 9.59 Å². The number of hydrogen-bond acceptors (Lipinski definition) is 6. The van der Waals surface area contributed by atoms with Crippen molar-refractivity contribution in [2.75, 3.05) is 13.1 Å². The average Bonchev–Trinajstić information content (AvgIpc) is 3.23. The molecular weight excluding hydrogens is 328 g/mol. The second-order valence-corrected chi connectivity index (χ2v) is 5.96. The molecular formula is C17H18N2O6. The maximum atomic E-state index is 12.1. The highest BCUT2D eigenvalue weighted by Gasteiger charge is 2.38. The first-order valence-corrected chi connectivity index (χ1v) is 8.08. The summed E-state index contributed by atoms with van der Waals surface area (Å²) in [6, 6.07) is 9.28. The maximum absolute atomic E-state index is 12.1. The summed E-state index contributed by atoms with van der Waals surface area (Å²) in [5.74, 6) is -2.29. The van der Waals surface area contributed by atoms with E-state index >= 15 is 0 Å². The van der Waals surface area contributed by atoms with E-state index in [1.54, 1.807) is 0 Å². The Morgan fingerprint density at radius 1 is 1.08 bits per heavy atom. The number of carbonyl (C=O) groups excluding carboxylic acids is 4. The molecule has 25 heavy (non-hydrogen) atoms. The van der Waals surface area contributed by atoms with Gasteiger partial charge in [0.25, 0.3) is 11.8 Å².